The second-order valence-corrected chi connectivity index (χ2v) is 10.7. The van der Waals surface area contributed by atoms with Crippen molar-refractivity contribution < 1.29 is 18.0 Å². The third-order valence-electron chi connectivity index (χ3n) is 5.42. The molecule has 0 spiro atoms. The molecule has 0 aromatic heterocycles. The second kappa shape index (κ2) is 11.1. The van der Waals surface area contributed by atoms with Crippen molar-refractivity contribution in [1.29, 1.82) is 0 Å². The number of rotatable bonds is 8. The molecule has 0 saturated carbocycles. The summed E-state index contributed by atoms with van der Waals surface area (Å²) in [5.41, 5.74) is 1.61. The lowest BCUT2D eigenvalue weighted by Crippen LogP contribution is -2.42. The normalized spacial score (nSPS) is 15.3. The van der Waals surface area contributed by atoms with Gasteiger partial charge in [-0.25, -0.2) is 12.7 Å². The average Bonchev–Trinajstić information content (AvgIpc) is 2.77. The molecule has 1 aliphatic rings. The van der Waals surface area contributed by atoms with E-state index >= 15 is 0 Å². The van der Waals surface area contributed by atoms with Gasteiger partial charge in [-0.05, 0) is 49.1 Å². The maximum absolute atomic E-state index is 12.8. The van der Waals surface area contributed by atoms with Crippen molar-refractivity contribution in [3.8, 4) is 0 Å². The zero-order chi connectivity index (χ0) is 23.1. The third-order valence-corrected chi connectivity index (χ3v) is 7.76. The highest BCUT2D eigenvalue weighted by molar-refractivity contribution is 9.10. The Morgan fingerprint density at radius 1 is 1.09 bits per heavy atom. The summed E-state index contributed by atoms with van der Waals surface area (Å²) < 4.78 is 27.9. The SMILES string of the molecule is CCCNC(=O)c1ccccc1NC(=O)C1CCN(S(=O)(=O)Cc2cccc(Br)c2)CC1. The Labute approximate surface area is 197 Å². The van der Waals surface area contributed by atoms with E-state index in [1.54, 1.807) is 36.4 Å². The number of amides is 2. The van der Waals surface area contributed by atoms with Gasteiger partial charge in [0.1, 0.15) is 0 Å². The Hall–Kier alpha value is -2.23. The van der Waals surface area contributed by atoms with E-state index in [1.165, 1.54) is 4.31 Å². The average molecular weight is 522 g/mol. The molecular formula is C23H28BrN3O4S. The van der Waals surface area contributed by atoms with Crippen LogP contribution in [0.25, 0.3) is 0 Å². The van der Waals surface area contributed by atoms with E-state index < -0.39 is 10.0 Å². The van der Waals surface area contributed by atoms with Crippen LogP contribution in [0.3, 0.4) is 0 Å². The summed E-state index contributed by atoms with van der Waals surface area (Å²) in [4.78, 5) is 25.2. The van der Waals surface area contributed by atoms with Crippen molar-refractivity contribution >= 4 is 43.5 Å². The van der Waals surface area contributed by atoms with Crippen molar-refractivity contribution in [2.75, 3.05) is 25.0 Å². The molecule has 0 unspecified atom stereocenters. The molecule has 1 saturated heterocycles. The van der Waals surface area contributed by atoms with E-state index in [9.17, 15) is 18.0 Å². The zero-order valence-electron chi connectivity index (χ0n) is 18.0. The van der Waals surface area contributed by atoms with Crippen molar-refractivity contribution in [3.63, 3.8) is 0 Å². The lowest BCUT2D eigenvalue weighted by Gasteiger charge is -2.30. The Morgan fingerprint density at radius 3 is 2.50 bits per heavy atom. The molecule has 7 nitrogen and oxygen atoms in total. The molecule has 172 valence electrons. The number of carbonyl (C=O) groups excluding carboxylic acids is 2. The van der Waals surface area contributed by atoms with Gasteiger partial charge in [0.25, 0.3) is 5.91 Å². The fourth-order valence-corrected chi connectivity index (χ4v) is 5.68. The molecule has 2 amide bonds. The van der Waals surface area contributed by atoms with Crippen LogP contribution in [0.1, 0.15) is 42.1 Å². The Kier molecular flexibility index (Phi) is 8.44. The fraction of sp³-hybridized carbons (Fsp3) is 0.391. The van der Waals surface area contributed by atoms with Gasteiger partial charge in [0.15, 0.2) is 0 Å². The molecule has 0 bridgehead atoms. The molecule has 0 atom stereocenters. The van der Waals surface area contributed by atoms with E-state index in [1.807, 2.05) is 19.1 Å². The van der Waals surface area contributed by atoms with E-state index in [0.29, 0.717) is 43.7 Å². The number of carbonyl (C=O) groups is 2. The molecule has 3 rings (SSSR count). The first-order valence-electron chi connectivity index (χ1n) is 10.7. The van der Waals surface area contributed by atoms with Crippen LogP contribution in [0.15, 0.2) is 53.0 Å². The number of piperidine rings is 1. The summed E-state index contributed by atoms with van der Waals surface area (Å²) in [6.45, 7) is 3.13. The zero-order valence-corrected chi connectivity index (χ0v) is 20.4. The number of nitrogens with zero attached hydrogens (tertiary/aromatic N) is 1. The molecule has 2 N–H and O–H groups in total. The molecule has 32 heavy (non-hydrogen) atoms. The van der Waals surface area contributed by atoms with Crippen molar-refractivity contribution in [2.45, 2.75) is 31.9 Å². The molecule has 2 aromatic rings. The van der Waals surface area contributed by atoms with Crippen LogP contribution in [0.5, 0.6) is 0 Å². The highest BCUT2D eigenvalue weighted by Crippen LogP contribution is 2.25. The smallest absolute Gasteiger partial charge is 0.253 e. The van der Waals surface area contributed by atoms with Crippen LogP contribution in [-0.4, -0.2) is 44.2 Å². The monoisotopic (exact) mass is 521 g/mol. The first kappa shape index (κ1) is 24.4. The Morgan fingerprint density at radius 2 is 1.81 bits per heavy atom. The van der Waals surface area contributed by atoms with Gasteiger partial charge < -0.3 is 10.6 Å². The number of hydrogen-bond donors (Lipinski definition) is 2. The molecule has 0 radical (unpaired) electrons. The summed E-state index contributed by atoms with van der Waals surface area (Å²) >= 11 is 3.36. The lowest BCUT2D eigenvalue weighted by atomic mass is 9.97. The van der Waals surface area contributed by atoms with Gasteiger partial charge in [-0.1, -0.05) is 47.1 Å². The molecule has 1 fully saturated rings. The van der Waals surface area contributed by atoms with Crippen molar-refractivity contribution in [1.82, 2.24) is 9.62 Å². The minimum atomic E-state index is -3.46. The molecule has 2 aromatic carbocycles. The lowest BCUT2D eigenvalue weighted by molar-refractivity contribution is -0.120. The van der Waals surface area contributed by atoms with Gasteiger partial charge in [0.05, 0.1) is 17.0 Å². The largest absolute Gasteiger partial charge is 0.352 e. The molecular weight excluding hydrogens is 494 g/mol. The predicted octanol–water partition coefficient (Wildman–Crippen LogP) is 3.77. The van der Waals surface area contributed by atoms with Crippen LogP contribution in [0.4, 0.5) is 5.69 Å². The summed E-state index contributed by atoms with van der Waals surface area (Å²) in [5.74, 6) is -0.788. The van der Waals surface area contributed by atoms with Crippen LogP contribution >= 0.6 is 15.9 Å². The van der Waals surface area contributed by atoms with Crippen LogP contribution < -0.4 is 10.6 Å². The summed E-state index contributed by atoms with van der Waals surface area (Å²) in [5, 5.41) is 5.69. The first-order valence-corrected chi connectivity index (χ1v) is 13.1. The van der Waals surface area contributed by atoms with E-state index in [0.717, 1.165) is 16.5 Å². The van der Waals surface area contributed by atoms with E-state index in [-0.39, 0.29) is 23.5 Å². The Balaban J connectivity index is 1.59. The number of sulfonamides is 1. The standard InChI is InChI=1S/C23H28BrN3O4S/c1-2-12-25-23(29)20-8-3-4-9-21(20)26-22(28)18-10-13-27(14-11-18)32(30,31)16-17-6-5-7-19(24)15-17/h3-9,15,18H,2,10-14,16H2,1H3,(H,25,29)(H,26,28). The fourth-order valence-electron chi connectivity index (χ4n) is 3.68. The van der Waals surface area contributed by atoms with Gasteiger partial charge in [-0.3, -0.25) is 9.59 Å². The van der Waals surface area contributed by atoms with E-state index in [2.05, 4.69) is 26.6 Å². The number of para-hydroxylation sites is 1. The number of hydrogen-bond acceptors (Lipinski definition) is 4. The highest BCUT2D eigenvalue weighted by Gasteiger charge is 2.31. The molecule has 1 aliphatic heterocycles. The minimum Gasteiger partial charge on any atom is -0.352 e. The van der Waals surface area contributed by atoms with Crippen LogP contribution in [-0.2, 0) is 20.6 Å². The second-order valence-electron chi connectivity index (χ2n) is 7.85. The van der Waals surface area contributed by atoms with Gasteiger partial charge in [0.2, 0.25) is 15.9 Å². The first-order chi connectivity index (χ1) is 15.3. The molecule has 0 aliphatic carbocycles. The maximum Gasteiger partial charge on any atom is 0.253 e. The summed E-state index contributed by atoms with van der Waals surface area (Å²) in [6.07, 6.45) is 1.70. The van der Waals surface area contributed by atoms with Gasteiger partial charge in [-0.15, -0.1) is 0 Å². The number of nitrogens with one attached hydrogen (secondary N) is 2. The molecule has 1 heterocycles. The maximum atomic E-state index is 12.8. The summed E-state index contributed by atoms with van der Waals surface area (Å²) in [6, 6.07) is 14.2. The van der Waals surface area contributed by atoms with Crippen LogP contribution in [0.2, 0.25) is 0 Å². The number of halogens is 1. The van der Waals surface area contributed by atoms with Gasteiger partial charge in [0, 0.05) is 30.0 Å². The third kappa shape index (κ3) is 6.40. The Bertz CT molecular complexity index is 1070. The van der Waals surface area contributed by atoms with E-state index in [4.69, 9.17) is 0 Å². The number of benzene rings is 2. The number of anilines is 1. The molecule has 9 heteroatoms. The van der Waals surface area contributed by atoms with Crippen LogP contribution in [0, 0.1) is 5.92 Å². The van der Waals surface area contributed by atoms with Crippen molar-refractivity contribution in [3.05, 3.63) is 64.1 Å². The highest BCUT2D eigenvalue weighted by atomic mass is 79.9. The summed E-state index contributed by atoms with van der Waals surface area (Å²) in [7, 11) is -3.46. The van der Waals surface area contributed by atoms with Crippen molar-refractivity contribution in [2.24, 2.45) is 5.92 Å². The minimum absolute atomic E-state index is 0.0659. The topological polar surface area (TPSA) is 95.6 Å². The van der Waals surface area contributed by atoms with Gasteiger partial charge >= 0.3 is 0 Å². The predicted molar refractivity (Wildman–Crippen MR) is 129 cm³/mol. The quantitative estimate of drug-likeness (QED) is 0.552. The van der Waals surface area contributed by atoms with Gasteiger partial charge in [-0.2, -0.15) is 0 Å².